The molecule has 1 aliphatic heterocycles. The molecule has 0 bridgehead atoms. The standard InChI is InChI=1S/C24H27NO2.C7H10O/c1-18-10-11-19(16-22(18)27-2)23(26)25-15-14-24(12-6-3-7-13-24)17-20-8-4-5-9-21(20)25;1-3-5-7(4-2)6-8/h4-6,8-12,16H,3,7,13-15,17H2,1-2H3;3-6H,1-2H3/b;5-3-,7-4+. The van der Waals surface area contributed by atoms with Crippen molar-refractivity contribution in [1.29, 1.82) is 0 Å². The maximum absolute atomic E-state index is 13.4. The lowest BCUT2D eigenvalue weighted by Gasteiger charge is -2.32. The number of anilines is 1. The van der Waals surface area contributed by atoms with E-state index >= 15 is 0 Å². The van der Waals surface area contributed by atoms with E-state index in [0.29, 0.717) is 5.56 Å². The van der Waals surface area contributed by atoms with Crippen LogP contribution in [0.5, 0.6) is 5.75 Å². The first kappa shape index (κ1) is 26.2. The topological polar surface area (TPSA) is 46.6 Å². The number of nitrogens with zero attached hydrogens (tertiary/aromatic N) is 1. The zero-order valence-corrected chi connectivity index (χ0v) is 21.4. The van der Waals surface area contributed by atoms with Crippen LogP contribution in [0, 0.1) is 12.3 Å². The van der Waals surface area contributed by atoms with Crippen molar-refractivity contribution in [3.8, 4) is 5.75 Å². The second-order valence-corrected chi connectivity index (χ2v) is 9.26. The van der Waals surface area contributed by atoms with Crippen LogP contribution >= 0.6 is 0 Å². The molecule has 184 valence electrons. The summed E-state index contributed by atoms with van der Waals surface area (Å²) >= 11 is 0. The Bertz CT molecular complexity index is 1130. The van der Waals surface area contributed by atoms with Gasteiger partial charge in [0.25, 0.3) is 5.91 Å². The maximum Gasteiger partial charge on any atom is 0.258 e. The van der Waals surface area contributed by atoms with E-state index in [4.69, 9.17) is 4.74 Å². The van der Waals surface area contributed by atoms with Gasteiger partial charge in [0.2, 0.25) is 0 Å². The quantitative estimate of drug-likeness (QED) is 0.208. The largest absolute Gasteiger partial charge is 0.496 e. The van der Waals surface area contributed by atoms with E-state index in [2.05, 4.69) is 30.4 Å². The Balaban J connectivity index is 0.000000371. The summed E-state index contributed by atoms with van der Waals surface area (Å²) in [4.78, 5) is 25.4. The van der Waals surface area contributed by atoms with E-state index in [-0.39, 0.29) is 11.3 Å². The summed E-state index contributed by atoms with van der Waals surface area (Å²) in [6, 6.07) is 14.1. The average Bonchev–Trinajstić information content (AvgIpc) is 3.04. The van der Waals surface area contributed by atoms with Crippen LogP contribution in [0.25, 0.3) is 0 Å². The van der Waals surface area contributed by atoms with Crippen molar-refractivity contribution in [1.82, 2.24) is 0 Å². The molecule has 0 radical (unpaired) electrons. The Labute approximate surface area is 210 Å². The normalized spacial score (nSPS) is 19.5. The Kier molecular flexibility index (Phi) is 9.25. The number of hydrogen-bond donors (Lipinski definition) is 0. The number of hydrogen-bond acceptors (Lipinski definition) is 3. The Morgan fingerprint density at radius 1 is 1.11 bits per heavy atom. The summed E-state index contributed by atoms with van der Waals surface area (Å²) in [6.45, 7) is 6.46. The number of rotatable bonds is 4. The highest BCUT2D eigenvalue weighted by atomic mass is 16.5. The molecule has 4 rings (SSSR count). The van der Waals surface area contributed by atoms with Crippen molar-refractivity contribution in [3.05, 3.63) is 95.1 Å². The molecule has 2 aliphatic rings. The van der Waals surface area contributed by atoms with Crippen LogP contribution in [0.15, 0.2) is 78.4 Å². The molecule has 1 spiro atoms. The first-order chi connectivity index (χ1) is 17.0. The number of amides is 1. The average molecular weight is 472 g/mol. The van der Waals surface area contributed by atoms with Crippen molar-refractivity contribution in [2.24, 2.45) is 5.41 Å². The summed E-state index contributed by atoms with van der Waals surface area (Å²) in [5.74, 6) is 0.813. The summed E-state index contributed by atoms with van der Waals surface area (Å²) in [5.41, 5.74) is 4.97. The molecule has 1 heterocycles. The van der Waals surface area contributed by atoms with Crippen molar-refractivity contribution in [3.63, 3.8) is 0 Å². The van der Waals surface area contributed by atoms with Crippen LogP contribution in [0.4, 0.5) is 5.69 Å². The number of carbonyl (C=O) groups is 2. The predicted molar refractivity (Wildman–Crippen MR) is 144 cm³/mol. The summed E-state index contributed by atoms with van der Waals surface area (Å²) in [7, 11) is 1.65. The van der Waals surface area contributed by atoms with Crippen LogP contribution in [-0.2, 0) is 11.2 Å². The minimum atomic E-state index is 0.0533. The fraction of sp³-hybridized carbons (Fsp3) is 0.355. The molecule has 2 aromatic carbocycles. The lowest BCUT2D eigenvalue weighted by molar-refractivity contribution is -0.104. The summed E-state index contributed by atoms with van der Waals surface area (Å²) in [6.07, 6.45) is 16.6. The number of methoxy groups -OCH3 is 1. The molecule has 0 fully saturated rings. The van der Waals surface area contributed by atoms with Gasteiger partial charge in [-0.15, -0.1) is 0 Å². The Morgan fingerprint density at radius 2 is 1.91 bits per heavy atom. The molecule has 1 amide bonds. The Morgan fingerprint density at radius 3 is 2.54 bits per heavy atom. The van der Waals surface area contributed by atoms with Gasteiger partial charge in [0, 0.05) is 23.4 Å². The molecule has 2 aromatic rings. The lowest BCUT2D eigenvalue weighted by Crippen LogP contribution is -2.33. The molecule has 0 saturated carbocycles. The van der Waals surface area contributed by atoms with Crippen LogP contribution in [0.1, 0.15) is 61.0 Å². The van der Waals surface area contributed by atoms with Crippen LogP contribution in [0.2, 0.25) is 0 Å². The van der Waals surface area contributed by atoms with Gasteiger partial charge in [-0.2, -0.15) is 0 Å². The first-order valence-corrected chi connectivity index (χ1v) is 12.4. The van der Waals surface area contributed by atoms with Crippen LogP contribution in [0.3, 0.4) is 0 Å². The summed E-state index contributed by atoms with van der Waals surface area (Å²) < 4.78 is 5.43. The molecular formula is C31H37NO3. The molecule has 4 heteroatoms. The SMILES string of the molecule is C/C=C\C(C=O)=C/C.COc1cc(C(=O)N2CCC3(C=CCCC3)Cc3ccccc32)ccc1C. The highest BCUT2D eigenvalue weighted by molar-refractivity contribution is 6.07. The summed E-state index contributed by atoms with van der Waals surface area (Å²) in [5, 5.41) is 0. The van der Waals surface area contributed by atoms with E-state index in [9.17, 15) is 9.59 Å². The van der Waals surface area contributed by atoms with E-state index < -0.39 is 0 Å². The van der Waals surface area contributed by atoms with Crippen LogP contribution in [-0.4, -0.2) is 25.8 Å². The smallest absolute Gasteiger partial charge is 0.258 e. The van der Waals surface area contributed by atoms with Gasteiger partial charge >= 0.3 is 0 Å². The monoisotopic (exact) mass is 471 g/mol. The minimum Gasteiger partial charge on any atom is -0.496 e. The molecule has 1 aliphatic carbocycles. The minimum absolute atomic E-state index is 0.0533. The lowest BCUT2D eigenvalue weighted by atomic mass is 9.72. The molecule has 0 N–H and O–H groups in total. The van der Waals surface area contributed by atoms with E-state index in [1.165, 1.54) is 24.8 Å². The molecule has 4 nitrogen and oxygen atoms in total. The Hall–Kier alpha value is -3.40. The third-order valence-electron chi connectivity index (χ3n) is 6.90. The highest BCUT2D eigenvalue weighted by Gasteiger charge is 2.35. The van der Waals surface area contributed by atoms with Gasteiger partial charge < -0.3 is 9.64 Å². The number of fused-ring (bicyclic) bond motifs is 1. The number of aldehydes is 1. The fourth-order valence-electron chi connectivity index (χ4n) is 4.91. The zero-order chi connectivity index (χ0) is 25.3. The van der Waals surface area contributed by atoms with E-state index in [1.807, 2.05) is 56.0 Å². The van der Waals surface area contributed by atoms with Crippen molar-refractivity contribution >= 4 is 17.9 Å². The van der Waals surface area contributed by atoms with Gasteiger partial charge in [0.1, 0.15) is 12.0 Å². The van der Waals surface area contributed by atoms with Gasteiger partial charge in [-0.3, -0.25) is 9.59 Å². The van der Waals surface area contributed by atoms with Gasteiger partial charge in [-0.05, 0) is 87.6 Å². The third kappa shape index (κ3) is 6.39. The van der Waals surface area contributed by atoms with Gasteiger partial charge in [-0.1, -0.05) is 54.6 Å². The molecule has 35 heavy (non-hydrogen) atoms. The number of allylic oxidation sites excluding steroid dienone is 6. The van der Waals surface area contributed by atoms with Gasteiger partial charge in [0.15, 0.2) is 0 Å². The van der Waals surface area contributed by atoms with Crippen molar-refractivity contribution < 1.29 is 14.3 Å². The fourth-order valence-corrected chi connectivity index (χ4v) is 4.91. The number of ether oxygens (including phenoxy) is 1. The number of para-hydroxylation sites is 1. The van der Waals surface area contributed by atoms with Crippen molar-refractivity contribution in [2.75, 3.05) is 18.6 Å². The second-order valence-electron chi connectivity index (χ2n) is 9.26. The number of aryl methyl sites for hydroxylation is 1. The number of carbonyl (C=O) groups excluding carboxylic acids is 2. The van der Waals surface area contributed by atoms with E-state index in [0.717, 1.165) is 48.2 Å². The van der Waals surface area contributed by atoms with Gasteiger partial charge in [-0.25, -0.2) is 0 Å². The molecular weight excluding hydrogens is 434 g/mol. The van der Waals surface area contributed by atoms with E-state index in [1.54, 1.807) is 19.3 Å². The number of benzene rings is 2. The van der Waals surface area contributed by atoms with Gasteiger partial charge in [0.05, 0.1) is 7.11 Å². The zero-order valence-electron chi connectivity index (χ0n) is 21.4. The van der Waals surface area contributed by atoms with Crippen LogP contribution < -0.4 is 9.64 Å². The van der Waals surface area contributed by atoms with Crippen molar-refractivity contribution in [2.45, 2.75) is 52.9 Å². The third-order valence-corrected chi connectivity index (χ3v) is 6.90. The second kappa shape index (κ2) is 12.3. The molecule has 1 atom stereocenters. The molecule has 0 aromatic heterocycles. The molecule has 1 unspecified atom stereocenters. The predicted octanol–water partition coefficient (Wildman–Crippen LogP) is 7.03. The maximum atomic E-state index is 13.4. The highest BCUT2D eigenvalue weighted by Crippen LogP contribution is 2.43. The molecule has 0 saturated heterocycles. The first-order valence-electron chi connectivity index (χ1n) is 12.4.